The number of anilines is 1. The fraction of sp³-hybridized carbons (Fsp3) is 0. The molecule has 0 aromatic heterocycles. The quantitative estimate of drug-likeness (QED) is 0.356. The van der Waals surface area contributed by atoms with Crippen LogP contribution in [0.2, 0.25) is 0 Å². The maximum absolute atomic E-state index is 12.8. The molecular weight excluding hydrogens is 227 g/mol. The minimum Gasteiger partial charge on any atom is -0.341 e. The summed E-state index contributed by atoms with van der Waals surface area (Å²) >= 11 is 8.39. The Morgan fingerprint density at radius 3 is 2.79 bits per heavy atom. The van der Waals surface area contributed by atoms with Crippen LogP contribution in [0.4, 0.5) is 15.8 Å². The van der Waals surface area contributed by atoms with Crippen molar-refractivity contribution < 1.29 is 9.31 Å². The first-order valence-corrected chi connectivity index (χ1v) is 4.30. The van der Waals surface area contributed by atoms with E-state index < -0.39 is 16.4 Å². The maximum Gasteiger partial charge on any atom is 0.306 e. The van der Waals surface area contributed by atoms with Gasteiger partial charge in [0.25, 0.3) is 0 Å². The van der Waals surface area contributed by atoms with Crippen molar-refractivity contribution in [3.63, 3.8) is 0 Å². The normalized spacial score (nSPS) is 9.57. The van der Waals surface area contributed by atoms with Gasteiger partial charge in [-0.1, -0.05) is 12.2 Å². The van der Waals surface area contributed by atoms with Gasteiger partial charge in [-0.15, -0.1) is 12.6 Å². The molecule has 0 saturated heterocycles. The maximum atomic E-state index is 12.8. The SMILES string of the molecule is O=[N+]([O-])c1cc(NC(=S)S)ccc1F. The monoisotopic (exact) mass is 232 g/mol. The van der Waals surface area contributed by atoms with Gasteiger partial charge in [0.05, 0.1) is 4.92 Å². The number of rotatable bonds is 2. The molecule has 0 amide bonds. The smallest absolute Gasteiger partial charge is 0.306 e. The average molecular weight is 232 g/mol. The van der Waals surface area contributed by atoms with Crippen molar-refractivity contribution >= 4 is 40.5 Å². The summed E-state index contributed by atoms with van der Waals surface area (Å²) in [4.78, 5) is 9.54. The third-order valence-corrected chi connectivity index (χ3v) is 1.61. The first-order chi connectivity index (χ1) is 6.50. The predicted molar refractivity (Wildman–Crippen MR) is 58.3 cm³/mol. The highest BCUT2D eigenvalue weighted by atomic mass is 32.1. The first kappa shape index (κ1) is 10.9. The average Bonchev–Trinajstić information content (AvgIpc) is 2.07. The summed E-state index contributed by atoms with van der Waals surface area (Å²) in [5.74, 6) is -0.884. The lowest BCUT2D eigenvalue weighted by Gasteiger charge is -2.02. The van der Waals surface area contributed by atoms with E-state index >= 15 is 0 Å². The number of thiocarbonyl (C=S) groups is 1. The highest BCUT2D eigenvalue weighted by Gasteiger charge is 2.14. The van der Waals surface area contributed by atoms with Crippen LogP contribution in [0.5, 0.6) is 0 Å². The summed E-state index contributed by atoms with van der Waals surface area (Å²) < 4.78 is 13.0. The lowest BCUT2D eigenvalue weighted by molar-refractivity contribution is -0.387. The molecule has 0 saturated carbocycles. The molecule has 0 unspecified atom stereocenters. The van der Waals surface area contributed by atoms with Gasteiger partial charge in [0.2, 0.25) is 5.82 Å². The van der Waals surface area contributed by atoms with E-state index in [0.717, 1.165) is 12.1 Å². The zero-order valence-corrected chi connectivity index (χ0v) is 8.44. The Morgan fingerprint density at radius 1 is 1.64 bits per heavy atom. The van der Waals surface area contributed by atoms with E-state index in [9.17, 15) is 14.5 Å². The number of nitrogens with one attached hydrogen (secondary N) is 1. The topological polar surface area (TPSA) is 55.2 Å². The van der Waals surface area contributed by atoms with Gasteiger partial charge < -0.3 is 5.32 Å². The largest absolute Gasteiger partial charge is 0.341 e. The third-order valence-electron chi connectivity index (χ3n) is 1.39. The van der Waals surface area contributed by atoms with E-state index in [1.807, 2.05) is 0 Å². The zero-order chi connectivity index (χ0) is 10.7. The molecule has 7 heteroatoms. The van der Waals surface area contributed by atoms with Gasteiger partial charge in [-0.05, 0) is 12.1 Å². The minimum absolute atomic E-state index is 0.158. The second-order valence-corrected chi connectivity index (χ2v) is 3.51. The van der Waals surface area contributed by atoms with Crippen LogP contribution in [0.1, 0.15) is 0 Å². The highest BCUT2D eigenvalue weighted by Crippen LogP contribution is 2.21. The summed E-state index contributed by atoms with van der Waals surface area (Å²) in [6.45, 7) is 0. The number of hydrogen-bond acceptors (Lipinski definition) is 3. The van der Waals surface area contributed by atoms with Crippen molar-refractivity contribution in [3.8, 4) is 0 Å². The molecule has 0 bridgehead atoms. The van der Waals surface area contributed by atoms with Gasteiger partial charge in [0.1, 0.15) is 4.32 Å². The molecule has 0 aliphatic heterocycles. The fourth-order valence-corrected chi connectivity index (χ4v) is 1.10. The van der Waals surface area contributed by atoms with E-state index in [1.165, 1.54) is 6.07 Å². The van der Waals surface area contributed by atoms with Gasteiger partial charge in [0.15, 0.2) is 0 Å². The molecule has 1 rings (SSSR count). The van der Waals surface area contributed by atoms with E-state index in [1.54, 1.807) is 0 Å². The zero-order valence-electron chi connectivity index (χ0n) is 6.73. The van der Waals surface area contributed by atoms with Crippen LogP contribution in [0.3, 0.4) is 0 Å². The lowest BCUT2D eigenvalue weighted by Crippen LogP contribution is -2.02. The molecule has 1 aromatic carbocycles. The summed E-state index contributed by atoms with van der Waals surface area (Å²) in [7, 11) is 0. The second-order valence-electron chi connectivity index (χ2n) is 2.35. The number of nitro benzene ring substituents is 1. The molecule has 1 aromatic rings. The molecule has 0 atom stereocenters. The number of halogens is 1. The Hall–Kier alpha value is -1.21. The van der Waals surface area contributed by atoms with E-state index in [4.69, 9.17) is 0 Å². The molecule has 74 valence electrons. The van der Waals surface area contributed by atoms with Crippen molar-refractivity contribution in [3.05, 3.63) is 34.1 Å². The van der Waals surface area contributed by atoms with Crippen LogP contribution >= 0.6 is 24.8 Å². The number of thiol groups is 1. The fourth-order valence-electron chi connectivity index (χ4n) is 0.854. The summed E-state index contributed by atoms with van der Waals surface area (Å²) in [5, 5.41) is 12.9. The molecule has 14 heavy (non-hydrogen) atoms. The first-order valence-electron chi connectivity index (χ1n) is 3.44. The molecule has 0 aliphatic carbocycles. The van der Waals surface area contributed by atoms with Gasteiger partial charge in [-0.25, -0.2) is 0 Å². The Labute approximate surface area is 89.7 Å². The second kappa shape index (κ2) is 4.34. The molecule has 4 nitrogen and oxygen atoms in total. The Bertz CT molecular complexity index is 397. The lowest BCUT2D eigenvalue weighted by atomic mass is 10.3. The van der Waals surface area contributed by atoms with Crippen LogP contribution in [0, 0.1) is 15.9 Å². The van der Waals surface area contributed by atoms with Crippen LogP contribution in [0.25, 0.3) is 0 Å². The number of hydrogen-bond donors (Lipinski definition) is 2. The molecule has 0 radical (unpaired) electrons. The molecule has 1 N–H and O–H groups in total. The van der Waals surface area contributed by atoms with Crippen LogP contribution in [0.15, 0.2) is 18.2 Å². The predicted octanol–water partition coefficient (Wildman–Crippen LogP) is 2.36. The van der Waals surface area contributed by atoms with Gasteiger partial charge in [-0.2, -0.15) is 4.39 Å². The van der Waals surface area contributed by atoms with Gasteiger partial charge >= 0.3 is 5.69 Å². The minimum atomic E-state index is -0.884. The van der Waals surface area contributed by atoms with Crippen LogP contribution < -0.4 is 5.32 Å². The van der Waals surface area contributed by atoms with E-state index in [2.05, 4.69) is 30.2 Å². The van der Waals surface area contributed by atoms with Crippen LogP contribution in [-0.2, 0) is 0 Å². The number of nitro groups is 1. The summed E-state index contributed by atoms with van der Waals surface area (Å²) in [6.07, 6.45) is 0. The van der Waals surface area contributed by atoms with Crippen molar-refractivity contribution in [2.24, 2.45) is 0 Å². The molecule has 0 heterocycles. The van der Waals surface area contributed by atoms with Gasteiger partial charge in [0, 0.05) is 11.8 Å². The number of nitrogens with zero attached hydrogens (tertiary/aromatic N) is 1. The standard InChI is InChI=1S/C7H5FN2O2S2/c8-5-2-1-4(9-7(13)14)3-6(5)10(11)12/h1-3H,(H2,9,13,14). The molecular formula is C7H5FN2O2S2. The summed E-state index contributed by atoms with van der Waals surface area (Å²) in [5.41, 5.74) is -0.266. The number of benzene rings is 1. The van der Waals surface area contributed by atoms with Crippen molar-refractivity contribution in [2.75, 3.05) is 5.32 Å². The summed E-state index contributed by atoms with van der Waals surface area (Å²) in [6, 6.07) is 3.38. The van der Waals surface area contributed by atoms with E-state index in [0.29, 0.717) is 5.69 Å². The molecule has 0 spiro atoms. The third kappa shape index (κ3) is 2.64. The Kier molecular flexibility index (Phi) is 3.37. The van der Waals surface area contributed by atoms with Crippen LogP contribution in [-0.4, -0.2) is 9.24 Å². The van der Waals surface area contributed by atoms with Crippen molar-refractivity contribution in [2.45, 2.75) is 0 Å². The Balaban J connectivity index is 3.06. The Morgan fingerprint density at radius 2 is 2.29 bits per heavy atom. The van der Waals surface area contributed by atoms with Crippen molar-refractivity contribution in [1.82, 2.24) is 0 Å². The molecule has 0 fully saturated rings. The van der Waals surface area contributed by atoms with Gasteiger partial charge in [-0.3, -0.25) is 10.1 Å². The van der Waals surface area contributed by atoms with E-state index in [-0.39, 0.29) is 4.32 Å². The van der Waals surface area contributed by atoms with Crippen molar-refractivity contribution in [1.29, 1.82) is 0 Å². The molecule has 0 aliphatic rings. The highest BCUT2D eigenvalue weighted by molar-refractivity contribution is 8.11.